The number of carbonyl (C=O) groups is 1. The summed E-state index contributed by atoms with van der Waals surface area (Å²) in [6, 6.07) is 13.9. The van der Waals surface area contributed by atoms with Crippen LogP contribution in [0, 0.1) is 0 Å². The number of likely N-dealkylation sites (N-methyl/N-ethyl adjacent to an activating group) is 1. The summed E-state index contributed by atoms with van der Waals surface area (Å²) in [6.45, 7) is 15.2. The molecule has 5 heteroatoms. The topological polar surface area (TPSA) is 44.8 Å². The molecule has 1 aliphatic carbocycles. The second kappa shape index (κ2) is 9.47. The number of ether oxygens (including phenoxy) is 1. The van der Waals surface area contributed by atoms with Crippen molar-refractivity contribution in [2.24, 2.45) is 0 Å². The van der Waals surface area contributed by atoms with Gasteiger partial charge in [0, 0.05) is 44.0 Å². The Morgan fingerprint density at radius 3 is 2.21 bits per heavy atom. The lowest BCUT2D eigenvalue weighted by molar-refractivity contribution is 0.102. The number of hydrogen-bond donors (Lipinski definition) is 1. The number of rotatable bonds is 6. The maximum Gasteiger partial charge on any atom is 0.255 e. The minimum atomic E-state index is -0.0688. The largest absolute Gasteiger partial charge is 0.492 e. The van der Waals surface area contributed by atoms with E-state index in [4.69, 9.17) is 4.74 Å². The molecule has 1 aliphatic heterocycles. The van der Waals surface area contributed by atoms with E-state index in [1.165, 1.54) is 17.5 Å². The van der Waals surface area contributed by atoms with Crippen molar-refractivity contribution < 1.29 is 9.53 Å². The molecular weight excluding hydrogens is 410 g/mol. The maximum atomic E-state index is 13.0. The Balaban J connectivity index is 1.34. The molecule has 0 saturated carbocycles. The minimum Gasteiger partial charge on any atom is -0.492 e. The molecule has 33 heavy (non-hydrogen) atoms. The number of amides is 1. The van der Waals surface area contributed by atoms with Gasteiger partial charge in [0.05, 0.1) is 0 Å². The van der Waals surface area contributed by atoms with E-state index in [0.717, 1.165) is 50.6 Å². The highest BCUT2D eigenvalue weighted by Crippen LogP contribution is 2.45. The summed E-state index contributed by atoms with van der Waals surface area (Å²) in [5, 5.41) is 3.04. The second-order valence-electron chi connectivity index (χ2n) is 11.0. The highest BCUT2D eigenvalue weighted by molar-refractivity contribution is 6.04. The number of piperazine rings is 1. The van der Waals surface area contributed by atoms with Crippen LogP contribution in [0.3, 0.4) is 0 Å². The molecule has 2 aromatic carbocycles. The molecule has 1 fully saturated rings. The van der Waals surface area contributed by atoms with E-state index in [2.05, 4.69) is 62.0 Å². The fourth-order valence-electron chi connectivity index (χ4n) is 4.93. The number of nitrogens with zero attached hydrogens (tertiary/aromatic N) is 2. The van der Waals surface area contributed by atoms with Crippen LogP contribution in [0.4, 0.5) is 5.69 Å². The van der Waals surface area contributed by atoms with Crippen LogP contribution in [-0.2, 0) is 10.8 Å². The Labute approximate surface area is 199 Å². The summed E-state index contributed by atoms with van der Waals surface area (Å²) < 4.78 is 5.92. The van der Waals surface area contributed by atoms with Gasteiger partial charge < -0.3 is 15.0 Å². The van der Waals surface area contributed by atoms with Crippen molar-refractivity contribution in [1.29, 1.82) is 0 Å². The zero-order valence-electron chi connectivity index (χ0n) is 20.9. The zero-order valence-corrected chi connectivity index (χ0v) is 20.9. The van der Waals surface area contributed by atoms with Crippen molar-refractivity contribution in [3.05, 3.63) is 59.2 Å². The van der Waals surface area contributed by atoms with E-state index >= 15 is 0 Å². The van der Waals surface area contributed by atoms with Gasteiger partial charge in [-0.3, -0.25) is 9.69 Å². The Kier molecular flexibility index (Phi) is 6.83. The van der Waals surface area contributed by atoms with Gasteiger partial charge in [-0.05, 0) is 78.2 Å². The van der Waals surface area contributed by atoms with Crippen LogP contribution >= 0.6 is 0 Å². The third-order valence-corrected chi connectivity index (χ3v) is 7.50. The second-order valence-corrected chi connectivity index (χ2v) is 11.0. The monoisotopic (exact) mass is 449 g/mol. The molecule has 0 atom stereocenters. The van der Waals surface area contributed by atoms with E-state index in [1.54, 1.807) is 0 Å². The Bertz CT molecular complexity index is 973. The van der Waals surface area contributed by atoms with Gasteiger partial charge in [-0.25, -0.2) is 0 Å². The van der Waals surface area contributed by atoms with E-state index in [9.17, 15) is 4.79 Å². The highest BCUT2D eigenvalue weighted by Gasteiger charge is 2.37. The molecule has 1 N–H and O–H groups in total. The quantitative estimate of drug-likeness (QED) is 0.680. The summed E-state index contributed by atoms with van der Waals surface area (Å²) in [7, 11) is 2.17. The predicted octanol–water partition coefficient (Wildman–Crippen LogP) is 4.91. The molecule has 1 heterocycles. The van der Waals surface area contributed by atoms with Gasteiger partial charge in [0.25, 0.3) is 5.91 Å². The summed E-state index contributed by atoms with van der Waals surface area (Å²) in [5.41, 5.74) is 4.41. The molecule has 0 spiro atoms. The van der Waals surface area contributed by atoms with E-state index in [0.29, 0.717) is 12.2 Å². The zero-order chi connectivity index (χ0) is 23.6. The lowest BCUT2D eigenvalue weighted by Crippen LogP contribution is -2.45. The Hall–Kier alpha value is -2.37. The van der Waals surface area contributed by atoms with E-state index in [-0.39, 0.29) is 16.7 Å². The smallest absolute Gasteiger partial charge is 0.255 e. The van der Waals surface area contributed by atoms with Crippen molar-refractivity contribution in [2.45, 2.75) is 51.4 Å². The van der Waals surface area contributed by atoms with Crippen LogP contribution in [0.2, 0.25) is 0 Å². The first-order valence-corrected chi connectivity index (χ1v) is 12.2. The van der Waals surface area contributed by atoms with Crippen LogP contribution in [0.1, 0.15) is 62.0 Å². The molecule has 2 aromatic rings. The fourth-order valence-corrected chi connectivity index (χ4v) is 4.93. The molecule has 178 valence electrons. The first-order chi connectivity index (χ1) is 15.6. The summed E-state index contributed by atoms with van der Waals surface area (Å²) in [6.07, 6.45) is 2.30. The fraction of sp³-hybridized carbons (Fsp3) is 0.536. The van der Waals surface area contributed by atoms with Gasteiger partial charge in [-0.15, -0.1) is 0 Å². The standard InChI is InChI=1S/C28H39N3O2/c1-27(2)12-13-28(3,4)25-20-21(6-11-24(25)27)26(32)29-22-7-9-23(10-8-22)33-19-18-31-16-14-30(5)15-17-31/h6-11,20H,12-19H2,1-5H3,(H,29,32). The van der Waals surface area contributed by atoms with Gasteiger partial charge in [0.2, 0.25) is 0 Å². The van der Waals surface area contributed by atoms with Crippen LogP contribution in [-0.4, -0.2) is 62.1 Å². The van der Waals surface area contributed by atoms with Crippen molar-refractivity contribution >= 4 is 11.6 Å². The SMILES string of the molecule is CN1CCN(CCOc2ccc(NC(=O)c3ccc4c(c3)C(C)(C)CCC4(C)C)cc2)CC1. The number of carbonyl (C=O) groups excluding carboxylic acids is 1. The number of fused-ring (bicyclic) bond motifs is 1. The van der Waals surface area contributed by atoms with Crippen LogP contribution in [0.5, 0.6) is 5.75 Å². The Morgan fingerprint density at radius 2 is 1.55 bits per heavy atom. The Morgan fingerprint density at radius 1 is 0.909 bits per heavy atom. The first-order valence-electron chi connectivity index (χ1n) is 12.2. The molecule has 0 unspecified atom stereocenters. The average molecular weight is 450 g/mol. The van der Waals surface area contributed by atoms with Gasteiger partial charge in [-0.1, -0.05) is 33.8 Å². The molecule has 0 aromatic heterocycles. The van der Waals surface area contributed by atoms with Crippen molar-refractivity contribution in [3.8, 4) is 5.75 Å². The third kappa shape index (κ3) is 5.59. The van der Waals surface area contributed by atoms with Crippen LogP contribution < -0.4 is 10.1 Å². The normalized spacial score (nSPS) is 20.2. The van der Waals surface area contributed by atoms with E-state index in [1.807, 2.05) is 30.3 Å². The molecule has 0 bridgehead atoms. The first kappa shape index (κ1) is 23.8. The highest BCUT2D eigenvalue weighted by atomic mass is 16.5. The van der Waals surface area contributed by atoms with E-state index < -0.39 is 0 Å². The minimum absolute atomic E-state index is 0.0688. The lowest BCUT2D eigenvalue weighted by Gasteiger charge is -2.42. The number of anilines is 1. The average Bonchev–Trinajstić information content (AvgIpc) is 2.79. The van der Waals surface area contributed by atoms with Crippen molar-refractivity contribution in [3.63, 3.8) is 0 Å². The number of benzene rings is 2. The molecule has 1 saturated heterocycles. The third-order valence-electron chi connectivity index (χ3n) is 7.50. The van der Waals surface area contributed by atoms with Gasteiger partial charge in [0.1, 0.15) is 12.4 Å². The van der Waals surface area contributed by atoms with Crippen molar-refractivity contribution in [1.82, 2.24) is 9.80 Å². The molecule has 1 amide bonds. The summed E-state index contributed by atoms with van der Waals surface area (Å²) in [4.78, 5) is 17.8. The molecule has 4 rings (SSSR count). The summed E-state index contributed by atoms with van der Waals surface area (Å²) >= 11 is 0. The van der Waals surface area contributed by atoms with Crippen molar-refractivity contribution in [2.75, 3.05) is 51.7 Å². The summed E-state index contributed by atoms with van der Waals surface area (Å²) in [5.74, 6) is 0.764. The van der Waals surface area contributed by atoms with Crippen LogP contribution in [0.25, 0.3) is 0 Å². The molecule has 5 nitrogen and oxygen atoms in total. The molecular formula is C28H39N3O2. The van der Waals surface area contributed by atoms with Gasteiger partial charge >= 0.3 is 0 Å². The van der Waals surface area contributed by atoms with Crippen LogP contribution in [0.15, 0.2) is 42.5 Å². The predicted molar refractivity (Wildman–Crippen MR) is 136 cm³/mol. The maximum absolute atomic E-state index is 13.0. The molecule has 0 radical (unpaired) electrons. The lowest BCUT2D eigenvalue weighted by atomic mass is 9.63. The number of nitrogens with one attached hydrogen (secondary N) is 1. The molecule has 2 aliphatic rings. The number of hydrogen-bond acceptors (Lipinski definition) is 4. The van der Waals surface area contributed by atoms with Gasteiger partial charge in [-0.2, -0.15) is 0 Å². The van der Waals surface area contributed by atoms with Gasteiger partial charge in [0.15, 0.2) is 0 Å².